The van der Waals surface area contributed by atoms with E-state index in [9.17, 15) is 14.4 Å². The Balaban J connectivity index is 1.59. The van der Waals surface area contributed by atoms with E-state index in [4.69, 9.17) is 0 Å². The van der Waals surface area contributed by atoms with Gasteiger partial charge in [0.25, 0.3) is 11.8 Å². The first-order valence-electron chi connectivity index (χ1n) is 10.9. The van der Waals surface area contributed by atoms with Gasteiger partial charge in [-0.1, -0.05) is 12.8 Å². The first-order valence-corrected chi connectivity index (χ1v) is 10.9. The fraction of sp³-hybridized carbons (Fsp3) is 0.714. The third kappa shape index (κ3) is 3.53. The fourth-order valence-electron chi connectivity index (χ4n) is 4.91. The van der Waals surface area contributed by atoms with Crippen molar-refractivity contribution in [3.8, 4) is 0 Å². The largest absolute Gasteiger partial charge is 0.351 e. The topological polar surface area (TPSA) is 87.5 Å². The number of hydrogen-bond acceptors (Lipinski definition) is 4. The van der Waals surface area contributed by atoms with E-state index in [2.05, 4.69) is 10.4 Å². The van der Waals surface area contributed by atoms with Crippen LogP contribution < -0.4 is 5.32 Å². The molecule has 8 heteroatoms. The number of hydrogen-bond donors (Lipinski definition) is 1. The Labute approximate surface area is 171 Å². The molecular formula is C21H31N5O3. The lowest BCUT2D eigenvalue weighted by atomic mass is 9.94. The Morgan fingerprint density at radius 2 is 1.86 bits per heavy atom. The number of carbonyl (C=O) groups is 3. The summed E-state index contributed by atoms with van der Waals surface area (Å²) in [6.45, 7) is 5.83. The molecule has 0 spiro atoms. The van der Waals surface area contributed by atoms with Crippen molar-refractivity contribution in [3.05, 3.63) is 17.5 Å². The highest BCUT2D eigenvalue weighted by atomic mass is 16.2. The van der Waals surface area contributed by atoms with Crippen LogP contribution in [0.5, 0.6) is 0 Å². The number of nitrogens with zero attached hydrogens (tertiary/aromatic N) is 4. The third-order valence-electron chi connectivity index (χ3n) is 6.66. The van der Waals surface area contributed by atoms with Crippen LogP contribution in [0.3, 0.4) is 0 Å². The average Bonchev–Trinajstić information content (AvgIpc) is 3.38. The Hall–Kier alpha value is -2.38. The van der Waals surface area contributed by atoms with Crippen molar-refractivity contribution in [2.75, 3.05) is 19.6 Å². The molecule has 1 aromatic heterocycles. The summed E-state index contributed by atoms with van der Waals surface area (Å²) in [6, 6.07) is 1.78. The minimum absolute atomic E-state index is 0.125. The van der Waals surface area contributed by atoms with E-state index in [0.29, 0.717) is 17.9 Å². The zero-order chi connectivity index (χ0) is 20.6. The number of likely N-dealkylation sites (tertiary alicyclic amines) is 1. The maximum atomic E-state index is 13.2. The second kappa shape index (κ2) is 7.80. The number of rotatable bonds is 4. The molecule has 3 heterocycles. The first-order chi connectivity index (χ1) is 13.9. The standard InChI is InChI=1S/C21H31N5O3/c1-3-25-19(28)17-13-16(18(27)24-11-7-4-8-12-24)23-26(17)14-21(25,2)20(29)22-15-9-5-6-10-15/h13,15H,3-12,14H2,1-2H3,(H,22,29)/t21-/m0/s1. The molecule has 1 N–H and O–H groups in total. The van der Waals surface area contributed by atoms with Gasteiger partial charge in [0.15, 0.2) is 5.69 Å². The lowest BCUT2D eigenvalue weighted by Crippen LogP contribution is -2.64. The minimum atomic E-state index is -1.01. The number of carbonyl (C=O) groups excluding carboxylic acids is 3. The average molecular weight is 402 g/mol. The molecule has 0 aromatic carbocycles. The fourth-order valence-corrected chi connectivity index (χ4v) is 4.91. The summed E-state index contributed by atoms with van der Waals surface area (Å²) in [4.78, 5) is 42.6. The second-order valence-electron chi connectivity index (χ2n) is 8.70. The lowest BCUT2D eigenvalue weighted by Gasteiger charge is -2.43. The predicted molar refractivity (Wildman–Crippen MR) is 107 cm³/mol. The van der Waals surface area contributed by atoms with Crippen molar-refractivity contribution in [1.82, 2.24) is 24.9 Å². The van der Waals surface area contributed by atoms with E-state index in [0.717, 1.165) is 58.0 Å². The van der Waals surface area contributed by atoms with Crippen molar-refractivity contribution in [2.45, 2.75) is 76.9 Å². The number of aromatic nitrogens is 2. The Morgan fingerprint density at radius 1 is 1.17 bits per heavy atom. The summed E-state index contributed by atoms with van der Waals surface area (Å²) < 4.78 is 1.56. The van der Waals surface area contributed by atoms with Gasteiger partial charge in [0.1, 0.15) is 11.2 Å². The van der Waals surface area contributed by atoms with E-state index >= 15 is 0 Å². The predicted octanol–water partition coefficient (Wildman–Crippen LogP) is 1.80. The molecule has 29 heavy (non-hydrogen) atoms. The van der Waals surface area contributed by atoms with Gasteiger partial charge in [-0.25, -0.2) is 0 Å². The molecule has 2 aliphatic heterocycles. The van der Waals surface area contributed by atoms with Gasteiger partial charge in [-0.2, -0.15) is 5.10 Å². The third-order valence-corrected chi connectivity index (χ3v) is 6.66. The lowest BCUT2D eigenvalue weighted by molar-refractivity contribution is -0.133. The van der Waals surface area contributed by atoms with Gasteiger partial charge < -0.3 is 15.1 Å². The molecule has 3 aliphatic rings. The molecule has 3 amide bonds. The van der Waals surface area contributed by atoms with Crippen molar-refractivity contribution in [3.63, 3.8) is 0 Å². The van der Waals surface area contributed by atoms with Gasteiger partial charge in [-0.3, -0.25) is 19.1 Å². The van der Waals surface area contributed by atoms with Crippen LogP contribution in [0.2, 0.25) is 0 Å². The summed E-state index contributed by atoms with van der Waals surface area (Å²) in [7, 11) is 0. The van der Waals surface area contributed by atoms with Gasteiger partial charge in [-0.15, -0.1) is 0 Å². The molecule has 158 valence electrons. The van der Waals surface area contributed by atoms with Crippen LogP contribution in [-0.4, -0.2) is 68.5 Å². The molecule has 0 bridgehead atoms. The quantitative estimate of drug-likeness (QED) is 0.833. The smallest absolute Gasteiger partial charge is 0.274 e. The number of piperidine rings is 1. The maximum absolute atomic E-state index is 13.2. The molecule has 4 rings (SSSR count). The molecule has 1 aliphatic carbocycles. The highest BCUT2D eigenvalue weighted by Crippen LogP contribution is 2.29. The van der Waals surface area contributed by atoms with Crippen molar-refractivity contribution < 1.29 is 14.4 Å². The summed E-state index contributed by atoms with van der Waals surface area (Å²) in [6.07, 6.45) is 7.38. The highest BCUT2D eigenvalue weighted by molar-refractivity contribution is 6.02. The SMILES string of the molecule is CCN1C(=O)c2cc(C(=O)N3CCCCC3)nn2C[C@@]1(C)C(=O)NC1CCCC1. The summed E-state index contributed by atoms with van der Waals surface area (Å²) in [5.41, 5.74) is -0.330. The van der Waals surface area contributed by atoms with Crippen molar-refractivity contribution in [1.29, 1.82) is 0 Å². The molecule has 1 saturated heterocycles. The number of fused-ring (bicyclic) bond motifs is 1. The molecule has 1 saturated carbocycles. The normalized spacial score (nSPS) is 25.2. The Kier molecular flexibility index (Phi) is 5.36. The van der Waals surface area contributed by atoms with E-state index in [-0.39, 0.29) is 30.3 Å². The van der Waals surface area contributed by atoms with Gasteiger partial charge in [0.2, 0.25) is 5.91 Å². The van der Waals surface area contributed by atoms with Crippen molar-refractivity contribution in [2.24, 2.45) is 0 Å². The molecule has 2 fully saturated rings. The van der Waals surface area contributed by atoms with Crippen molar-refractivity contribution >= 4 is 17.7 Å². The highest BCUT2D eigenvalue weighted by Gasteiger charge is 2.48. The van der Waals surface area contributed by atoms with Gasteiger partial charge >= 0.3 is 0 Å². The van der Waals surface area contributed by atoms with E-state index in [1.54, 1.807) is 22.6 Å². The van der Waals surface area contributed by atoms with Gasteiger partial charge in [0, 0.05) is 31.7 Å². The number of amides is 3. The van der Waals surface area contributed by atoms with Gasteiger partial charge in [-0.05, 0) is 46.0 Å². The van der Waals surface area contributed by atoms with E-state index in [1.165, 1.54) is 0 Å². The Bertz CT molecular complexity index is 807. The first kappa shape index (κ1) is 19.9. The number of nitrogens with one attached hydrogen (secondary N) is 1. The van der Waals surface area contributed by atoms with E-state index < -0.39 is 5.54 Å². The van der Waals surface area contributed by atoms with Crippen LogP contribution in [0.25, 0.3) is 0 Å². The summed E-state index contributed by atoms with van der Waals surface area (Å²) >= 11 is 0. The monoisotopic (exact) mass is 401 g/mol. The molecule has 0 radical (unpaired) electrons. The molecular weight excluding hydrogens is 370 g/mol. The van der Waals surface area contributed by atoms with Crippen LogP contribution in [-0.2, 0) is 11.3 Å². The Morgan fingerprint density at radius 3 is 2.52 bits per heavy atom. The maximum Gasteiger partial charge on any atom is 0.274 e. The molecule has 0 unspecified atom stereocenters. The zero-order valence-electron chi connectivity index (χ0n) is 17.4. The summed E-state index contributed by atoms with van der Waals surface area (Å²) in [5, 5.41) is 7.59. The van der Waals surface area contributed by atoms with Crippen LogP contribution in [0.1, 0.15) is 79.8 Å². The molecule has 1 atom stereocenters. The van der Waals surface area contributed by atoms with Gasteiger partial charge in [0.05, 0.1) is 6.54 Å². The van der Waals surface area contributed by atoms with Crippen LogP contribution >= 0.6 is 0 Å². The van der Waals surface area contributed by atoms with Crippen LogP contribution in [0, 0.1) is 0 Å². The number of likely N-dealkylation sites (N-methyl/N-ethyl adjacent to an activating group) is 1. The summed E-state index contributed by atoms with van der Waals surface area (Å²) in [5.74, 6) is -0.503. The zero-order valence-corrected chi connectivity index (χ0v) is 17.4. The molecule has 1 aromatic rings. The van der Waals surface area contributed by atoms with E-state index in [1.807, 2.05) is 11.8 Å². The minimum Gasteiger partial charge on any atom is -0.351 e. The van der Waals surface area contributed by atoms with Crippen LogP contribution in [0.4, 0.5) is 0 Å². The van der Waals surface area contributed by atoms with Crippen LogP contribution in [0.15, 0.2) is 6.07 Å². The molecule has 8 nitrogen and oxygen atoms in total. The second-order valence-corrected chi connectivity index (χ2v) is 8.70.